The molecule has 1 aromatic heterocycles. The summed E-state index contributed by atoms with van der Waals surface area (Å²) in [6, 6.07) is 11.9. The minimum Gasteiger partial charge on any atom is -0.478 e. The summed E-state index contributed by atoms with van der Waals surface area (Å²) >= 11 is 0. The lowest BCUT2D eigenvalue weighted by molar-refractivity contribution is 0.0695. The second-order valence-electron chi connectivity index (χ2n) is 5.05. The number of hydrogen-bond donors (Lipinski definition) is 1. The quantitative estimate of drug-likeness (QED) is 0.909. The highest BCUT2D eigenvalue weighted by molar-refractivity contribution is 5.89. The van der Waals surface area contributed by atoms with E-state index in [4.69, 9.17) is 5.11 Å². The first-order valence-electron chi connectivity index (χ1n) is 6.68. The molecular weight excluding hydrogens is 252 g/mol. The van der Waals surface area contributed by atoms with Gasteiger partial charge in [-0.3, -0.25) is 0 Å². The van der Waals surface area contributed by atoms with Crippen LogP contribution in [0.3, 0.4) is 0 Å². The van der Waals surface area contributed by atoms with Gasteiger partial charge < -0.3 is 10.0 Å². The molecule has 2 heterocycles. The maximum atomic E-state index is 11.0. The molecule has 0 saturated heterocycles. The van der Waals surface area contributed by atoms with Gasteiger partial charge in [-0.25, -0.2) is 9.78 Å². The number of pyridine rings is 1. The molecule has 1 aliphatic heterocycles. The van der Waals surface area contributed by atoms with E-state index in [9.17, 15) is 4.79 Å². The zero-order valence-electron chi connectivity index (χ0n) is 11.3. The van der Waals surface area contributed by atoms with Gasteiger partial charge >= 0.3 is 5.97 Å². The Morgan fingerprint density at radius 2 is 1.95 bits per heavy atom. The second kappa shape index (κ2) is 4.96. The molecule has 4 heteroatoms. The van der Waals surface area contributed by atoms with Gasteiger partial charge in [-0.2, -0.15) is 0 Å². The molecule has 1 aromatic carbocycles. The van der Waals surface area contributed by atoms with E-state index in [0.29, 0.717) is 5.69 Å². The molecule has 1 aliphatic rings. The average Bonchev–Trinajstić information content (AvgIpc) is 2.46. The average molecular weight is 268 g/mol. The number of nitrogens with zero attached hydrogens (tertiary/aromatic N) is 2. The van der Waals surface area contributed by atoms with E-state index in [-0.39, 0.29) is 5.56 Å². The van der Waals surface area contributed by atoms with E-state index in [2.05, 4.69) is 34.1 Å². The van der Waals surface area contributed by atoms with Crippen LogP contribution in [0.2, 0.25) is 0 Å². The number of carboxylic acids is 1. The monoisotopic (exact) mass is 268 g/mol. The summed E-state index contributed by atoms with van der Waals surface area (Å²) in [6.45, 7) is 3.48. The molecule has 20 heavy (non-hydrogen) atoms. The SMILES string of the molecule is Cc1nc(N2CCc3ccccc3C2)ccc1C(=O)O. The minimum absolute atomic E-state index is 0.270. The van der Waals surface area contributed by atoms with Gasteiger partial charge in [0, 0.05) is 13.1 Å². The van der Waals surface area contributed by atoms with Crippen molar-refractivity contribution in [2.45, 2.75) is 19.9 Å². The van der Waals surface area contributed by atoms with Crippen LogP contribution in [-0.4, -0.2) is 22.6 Å². The summed E-state index contributed by atoms with van der Waals surface area (Å²) in [5.41, 5.74) is 3.54. The van der Waals surface area contributed by atoms with E-state index in [1.54, 1.807) is 19.1 Å². The van der Waals surface area contributed by atoms with E-state index in [1.807, 2.05) is 0 Å². The van der Waals surface area contributed by atoms with E-state index in [1.165, 1.54) is 11.1 Å². The molecule has 2 aromatic rings. The molecule has 4 nitrogen and oxygen atoms in total. The van der Waals surface area contributed by atoms with Gasteiger partial charge in [-0.05, 0) is 36.6 Å². The molecule has 0 amide bonds. The largest absolute Gasteiger partial charge is 0.478 e. The minimum atomic E-state index is -0.925. The first kappa shape index (κ1) is 12.7. The topological polar surface area (TPSA) is 53.4 Å². The van der Waals surface area contributed by atoms with E-state index < -0.39 is 5.97 Å². The number of carbonyl (C=O) groups is 1. The third kappa shape index (κ3) is 2.25. The molecule has 0 fully saturated rings. The number of aromatic carboxylic acids is 1. The number of benzene rings is 1. The third-order valence-electron chi connectivity index (χ3n) is 3.76. The number of anilines is 1. The van der Waals surface area contributed by atoms with Crippen LogP contribution in [0.5, 0.6) is 0 Å². The van der Waals surface area contributed by atoms with Gasteiger partial charge in [0.25, 0.3) is 0 Å². The predicted molar refractivity (Wildman–Crippen MR) is 77.1 cm³/mol. The Kier molecular flexibility index (Phi) is 3.14. The maximum Gasteiger partial charge on any atom is 0.337 e. The molecular formula is C16H16N2O2. The van der Waals surface area contributed by atoms with Crippen molar-refractivity contribution in [2.75, 3.05) is 11.4 Å². The van der Waals surface area contributed by atoms with Crippen LogP contribution in [0.25, 0.3) is 0 Å². The van der Waals surface area contributed by atoms with Gasteiger partial charge in [-0.1, -0.05) is 24.3 Å². The Labute approximate surface area is 117 Å². The number of fused-ring (bicyclic) bond motifs is 1. The normalized spacial score (nSPS) is 13.9. The maximum absolute atomic E-state index is 11.0. The van der Waals surface area contributed by atoms with Crippen molar-refractivity contribution in [3.05, 3.63) is 58.8 Å². The van der Waals surface area contributed by atoms with Gasteiger partial charge in [0.2, 0.25) is 0 Å². The summed E-state index contributed by atoms with van der Waals surface area (Å²) in [7, 11) is 0. The Morgan fingerprint density at radius 3 is 2.65 bits per heavy atom. The van der Waals surface area contributed by atoms with Gasteiger partial charge in [0.05, 0.1) is 11.3 Å². The van der Waals surface area contributed by atoms with Crippen LogP contribution in [-0.2, 0) is 13.0 Å². The number of aromatic nitrogens is 1. The number of rotatable bonds is 2. The second-order valence-corrected chi connectivity index (χ2v) is 5.05. The lowest BCUT2D eigenvalue weighted by Gasteiger charge is -2.30. The van der Waals surface area contributed by atoms with Gasteiger partial charge in [0.15, 0.2) is 0 Å². The highest BCUT2D eigenvalue weighted by Gasteiger charge is 2.18. The molecule has 102 valence electrons. The molecule has 1 N–H and O–H groups in total. The van der Waals surface area contributed by atoms with Crippen LogP contribution in [0.15, 0.2) is 36.4 Å². The molecule has 0 spiro atoms. The number of carboxylic acid groups (broad SMARTS) is 1. The highest BCUT2D eigenvalue weighted by Crippen LogP contribution is 2.23. The molecule has 0 saturated carbocycles. The summed E-state index contributed by atoms with van der Waals surface area (Å²) in [5, 5.41) is 9.04. The first-order valence-corrected chi connectivity index (χ1v) is 6.68. The lowest BCUT2D eigenvalue weighted by atomic mass is 10.00. The summed E-state index contributed by atoms with van der Waals surface area (Å²) in [4.78, 5) is 17.7. The molecule has 0 aliphatic carbocycles. The fraction of sp³-hybridized carbons (Fsp3) is 0.250. The molecule has 0 bridgehead atoms. The highest BCUT2D eigenvalue weighted by atomic mass is 16.4. The van der Waals surface area contributed by atoms with Crippen LogP contribution in [0.1, 0.15) is 27.2 Å². The van der Waals surface area contributed by atoms with Crippen molar-refractivity contribution < 1.29 is 9.90 Å². The van der Waals surface area contributed by atoms with E-state index >= 15 is 0 Å². The fourth-order valence-corrected chi connectivity index (χ4v) is 2.64. The third-order valence-corrected chi connectivity index (χ3v) is 3.76. The number of aryl methyl sites for hydroxylation is 1. The lowest BCUT2D eigenvalue weighted by Crippen LogP contribution is -2.31. The molecule has 3 rings (SSSR count). The van der Waals surface area contributed by atoms with Crippen LogP contribution < -0.4 is 4.90 Å². The summed E-state index contributed by atoms with van der Waals surface area (Å²) < 4.78 is 0. The van der Waals surface area contributed by atoms with Crippen molar-refractivity contribution in [1.82, 2.24) is 4.98 Å². The molecule has 0 atom stereocenters. The van der Waals surface area contributed by atoms with Gasteiger partial charge in [0.1, 0.15) is 5.82 Å². The van der Waals surface area contributed by atoms with Crippen molar-refractivity contribution in [1.29, 1.82) is 0 Å². The summed E-state index contributed by atoms with van der Waals surface area (Å²) in [6.07, 6.45) is 0.998. The molecule has 0 unspecified atom stereocenters. The Balaban J connectivity index is 1.88. The Morgan fingerprint density at radius 1 is 1.20 bits per heavy atom. The van der Waals surface area contributed by atoms with Crippen molar-refractivity contribution in [3.63, 3.8) is 0 Å². The van der Waals surface area contributed by atoms with Crippen LogP contribution in [0.4, 0.5) is 5.82 Å². The van der Waals surface area contributed by atoms with Gasteiger partial charge in [-0.15, -0.1) is 0 Å². The van der Waals surface area contributed by atoms with Crippen LogP contribution >= 0.6 is 0 Å². The first-order chi connectivity index (χ1) is 9.65. The smallest absolute Gasteiger partial charge is 0.337 e. The zero-order valence-corrected chi connectivity index (χ0v) is 11.3. The van der Waals surface area contributed by atoms with Crippen molar-refractivity contribution >= 4 is 11.8 Å². The number of hydrogen-bond acceptors (Lipinski definition) is 3. The predicted octanol–water partition coefficient (Wildman–Crippen LogP) is 2.65. The standard InChI is InChI=1S/C16H16N2O2/c1-11-14(16(19)20)6-7-15(17-11)18-9-8-12-4-2-3-5-13(12)10-18/h2-7H,8-10H2,1H3,(H,19,20). The van der Waals surface area contributed by atoms with E-state index in [0.717, 1.165) is 25.3 Å². The summed E-state index contributed by atoms with van der Waals surface area (Å²) in [5.74, 6) is -0.0763. The zero-order chi connectivity index (χ0) is 14.1. The molecule has 0 radical (unpaired) electrons. The fourth-order valence-electron chi connectivity index (χ4n) is 2.64. The van der Waals surface area contributed by atoms with Crippen molar-refractivity contribution in [2.24, 2.45) is 0 Å². The Bertz CT molecular complexity index is 667. The van der Waals surface area contributed by atoms with Crippen LogP contribution in [0, 0.1) is 6.92 Å². The van der Waals surface area contributed by atoms with Crippen molar-refractivity contribution in [3.8, 4) is 0 Å². The Hall–Kier alpha value is -2.36.